The van der Waals surface area contributed by atoms with E-state index < -0.39 is 17.8 Å². The molecule has 1 aliphatic heterocycles. The van der Waals surface area contributed by atoms with E-state index in [0.29, 0.717) is 13.1 Å². The number of nitrogens with zero attached hydrogens (tertiary/aromatic N) is 1. The fourth-order valence-corrected chi connectivity index (χ4v) is 2.87. The molecule has 0 spiro atoms. The maximum Gasteiger partial charge on any atom is 0.416 e. The molecule has 1 atom stereocenters. The molecule has 0 aliphatic carbocycles. The molecule has 1 aliphatic rings. The molecule has 0 radical (unpaired) electrons. The molecular weight excluding hydrogens is 305 g/mol. The van der Waals surface area contributed by atoms with E-state index in [4.69, 9.17) is 5.73 Å². The fraction of sp³-hybridized carbons (Fsp3) is 0.588. The quantitative estimate of drug-likeness (QED) is 0.924. The highest BCUT2D eigenvalue weighted by Gasteiger charge is 2.31. The summed E-state index contributed by atoms with van der Waals surface area (Å²) in [5.74, 6) is 0.248. The van der Waals surface area contributed by atoms with Gasteiger partial charge < -0.3 is 10.6 Å². The van der Waals surface area contributed by atoms with Crippen LogP contribution in [0.4, 0.5) is 13.2 Å². The number of piperidine rings is 1. The summed E-state index contributed by atoms with van der Waals surface area (Å²) in [5.41, 5.74) is 6.17. The van der Waals surface area contributed by atoms with Crippen LogP contribution in [0.15, 0.2) is 24.3 Å². The summed E-state index contributed by atoms with van der Waals surface area (Å²) < 4.78 is 37.8. The molecule has 1 aromatic rings. The number of carbonyl (C=O) groups is 1. The number of likely N-dealkylation sites (tertiary alicyclic amines) is 1. The number of hydrogen-bond donors (Lipinski definition) is 1. The van der Waals surface area contributed by atoms with Crippen LogP contribution in [0.25, 0.3) is 0 Å². The van der Waals surface area contributed by atoms with E-state index in [2.05, 4.69) is 0 Å². The molecule has 0 saturated carbocycles. The topological polar surface area (TPSA) is 46.3 Å². The molecule has 1 heterocycles. The van der Waals surface area contributed by atoms with Crippen molar-refractivity contribution in [2.24, 2.45) is 11.7 Å². The second kappa shape index (κ2) is 6.91. The zero-order valence-electron chi connectivity index (χ0n) is 13.4. The third kappa shape index (κ3) is 4.25. The van der Waals surface area contributed by atoms with Crippen molar-refractivity contribution in [1.82, 2.24) is 4.90 Å². The molecule has 23 heavy (non-hydrogen) atoms. The Morgan fingerprint density at radius 1 is 1.17 bits per heavy atom. The SMILES string of the molecule is CC(C)[C@H](N)C(=O)N1CCC(c2ccc(C(F)(F)F)cc2)CC1. The Kier molecular flexibility index (Phi) is 5.34. The van der Waals surface area contributed by atoms with Crippen molar-refractivity contribution in [3.8, 4) is 0 Å². The van der Waals surface area contributed by atoms with E-state index in [1.54, 1.807) is 17.0 Å². The van der Waals surface area contributed by atoms with Gasteiger partial charge >= 0.3 is 6.18 Å². The number of carbonyl (C=O) groups excluding carboxylic acids is 1. The van der Waals surface area contributed by atoms with E-state index in [-0.39, 0.29) is 17.7 Å². The molecule has 0 unspecified atom stereocenters. The average molecular weight is 328 g/mol. The van der Waals surface area contributed by atoms with E-state index >= 15 is 0 Å². The van der Waals surface area contributed by atoms with Gasteiger partial charge in [-0.3, -0.25) is 4.79 Å². The molecule has 1 amide bonds. The molecule has 1 fully saturated rings. The van der Waals surface area contributed by atoms with Gasteiger partial charge in [0.05, 0.1) is 11.6 Å². The van der Waals surface area contributed by atoms with Crippen molar-refractivity contribution in [1.29, 1.82) is 0 Å². The van der Waals surface area contributed by atoms with Crippen LogP contribution in [0.1, 0.15) is 43.7 Å². The molecule has 6 heteroatoms. The van der Waals surface area contributed by atoms with Crippen LogP contribution in [-0.4, -0.2) is 29.9 Å². The van der Waals surface area contributed by atoms with Crippen molar-refractivity contribution in [2.45, 2.75) is 44.8 Å². The lowest BCUT2D eigenvalue weighted by Crippen LogP contribution is -2.49. The summed E-state index contributed by atoms with van der Waals surface area (Å²) in [6.45, 7) is 5.03. The third-order valence-electron chi connectivity index (χ3n) is 4.52. The van der Waals surface area contributed by atoms with Crippen molar-refractivity contribution in [3.05, 3.63) is 35.4 Å². The maximum atomic E-state index is 12.6. The Morgan fingerprint density at radius 3 is 2.13 bits per heavy atom. The minimum absolute atomic E-state index is 0.0362. The number of hydrogen-bond acceptors (Lipinski definition) is 2. The van der Waals surface area contributed by atoms with Crippen LogP contribution in [0.2, 0.25) is 0 Å². The first-order valence-corrected chi connectivity index (χ1v) is 7.91. The number of nitrogens with two attached hydrogens (primary N) is 1. The number of alkyl halides is 3. The van der Waals surface area contributed by atoms with Gasteiger partial charge in [-0.1, -0.05) is 26.0 Å². The Bertz CT molecular complexity index is 532. The molecule has 0 bridgehead atoms. The van der Waals surface area contributed by atoms with E-state index in [0.717, 1.165) is 30.5 Å². The monoisotopic (exact) mass is 328 g/mol. The Labute approximate surface area is 134 Å². The van der Waals surface area contributed by atoms with Crippen LogP contribution in [0, 0.1) is 5.92 Å². The lowest BCUT2D eigenvalue weighted by Gasteiger charge is -2.34. The lowest BCUT2D eigenvalue weighted by atomic mass is 9.88. The zero-order chi connectivity index (χ0) is 17.2. The summed E-state index contributed by atoms with van der Waals surface area (Å²) >= 11 is 0. The van der Waals surface area contributed by atoms with Crippen LogP contribution < -0.4 is 5.73 Å². The summed E-state index contributed by atoms with van der Waals surface area (Å²) in [6.07, 6.45) is -2.80. The summed E-state index contributed by atoms with van der Waals surface area (Å²) in [4.78, 5) is 14.0. The summed E-state index contributed by atoms with van der Waals surface area (Å²) in [6, 6.07) is 4.86. The van der Waals surface area contributed by atoms with Gasteiger partial charge in [0.2, 0.25) is 5.91 Å². The summed E-state index contributed by atoms with van der Waals surface area (Å²) in [7, 11) is 0. The molecule has 128 valence electrons. The standard InChI is InChI=1S/C17H23F3N2O/c1-11(2)15(21)16(23)22-9-7-13(8-10-22)12-3-5-14(6-4-12)17(18,19)20/h3-6,11,13,15H,7-10,21H2,1-2H3/t15-/m0/s1. The Morgan fingerprint density at radius 2 is 1.70 bits per heavy atom. The molecule has 3 nitrogen and oxygen atoms in total. The molecular formula is C17H23F3N2O. The minimum atomic E-state index is -4.30. The van der Waals surface area contributed by atoms with Crippen molar-refractivity contribution < 1.29 is 18.0 Å². The smallest absolute Gasteiger partial charge is 0.341 e. The van der Waals surface area contributed by atoms with Crippen LogP contribution in [0.5, 0.6) is 0 Å². The van der Waals surface area contributed by atoms with Gasteiger partial charge in [-0.05, 0) is 42.4 Å². The average Bonchev–Trinajstić information content (AvgIpc) is 2.53. The van der Waals surface area contributed by atoms with Gasteiger partial charge in [0, 0.05) is 13.1 Å². The highest BCUT2D eigenvalue weighted by Crippen LogP contribution is 2.33. The van der Waals surface area contributed by atoms with Gasteiger partial charge in [-0.2, -0.15) is 13.2 Å². The molecule has 2 N–H and O–H groups in total. The molecule has 0 aromatic heterocycles. The van der Waals surface area contributed by atoms with Gasteiger partial charge in [-0.15, -0.1) is 0 Å². The van der Waals surface area contributed by atoms with Crippen LogP contribution >= 0.6 is 0 Å². The number of halogens is 3. The third-order valence-corrected chi connectivity index (χ3v) is 4.52. The first-order valence-electron chi connectivity index (χ1n) is 7.91. The van der Waals surface area contributed by atoms with Crippen LogP contribution in [0.3, 0.4) is 0 Å². The molecule has 1 aromatic carbocycles. The van der Waals surface area contributed by atoms with Crippen molar-refractivity contribution in [2.75, 3.05) is 13.1 Å². The zero-order valence-corrected chi connectivity index (χ0v) is 13.4. The normalized spacial score (nSPS) is 18.3. The summed E-state index contributed by atoms with van der Waals surface area (Å²) in [5, 5.41) is 0. The highest BCUT2D eigenvalue weighted by molar-refractivity contribution is 5.82. The second-order valence-corrected chi connectivity index (χ2v) is 6.49. The van der Waals surface area contributed by atoms with E-state index in [1.807, 2.05) is 13.8 Å². The van der Waals surface area contributed by atoms with Crippen molar-refractivity contribution in [3.63, 3.8) is 0 Å². The van der Waals surface area contributed by atoms with E-state index in [1.165, 1.54) is 0 Å². The Hall–Kier alpha value is -1.56. The number of rotatable bonds is 3. The first-order chi connectivity index (χ1) is 10.7. The highest BCUT2D eigenvalue weighted by atomic mass is 19.4. The van der Waals surface area contributed by atoms with Gasteiger partial charge in [0.1, 0.15) is 0 Å². The van der Waals surface area contributed by atoms with Crippen LogP contribution in [-0.2, 0) is 11.0 Å². The minimum Gasteiger partial charge on any atom is -0.341 e. The maximum absolute atomic E-state index is 12.6. The fourth-order valence-electron chi connectivity index (χ4n) is 2.87. The first kappa shape index (κ1) is 17.8. The van der Waals surface area contributed by atoms with Crippen molar-refractivity contribution >= 4 is 5.91 Å². The van der Waals surface area contributed by atoms with E-state index in [9.17, 15) is 18.0 Å². The predicted octanol–water partition coefficient (Wildman–Crippen LogP) is 3.39. The predicted molar refractivity (Wildman–Crippen MR) is 82.8 cm³/mol. The second-order valence-electron chi connectivity index (χ2n) is 6.49. The van der Waals surface area contributed by atoms with Gasteiger partial charge in [-0.25, -0.2) is 0 Å². The largest absolute Gasteiger partial charge is 0.416 e. The van der Waals surface area contributed by atoms with Gasteiger partial charge in [0.25, 0.3) is 0 Å². The molecule has 2 rings (SSSR count). The lowest BCUT2D eigenvalue weighted by molar-refractivity contribution is -0.137. The Balaban J connectivity index is 1.95. The number of benzene rings is 1. The van der Waals surface area contributed by atoms with Gasteiger partial charge in [0.15, 0.2) is 0 Å². The number of amides is 1. The molecule has 1 saturated heterocycles.